The van der Waals surface area contributed by atoms with Gasteiger partial charge in [-0.3, -0.25) is 0 Å². The molecule has 0 aromatic heterocycles. The fourth-order valence-electron chi connectivity index (χ4n) is 0.330. The topological polar surface area (TPSA) is 90.2 Å². The maximum atomic E-state index is 8.71. The van der Waals surface area contributed by atoms with Crippen molar-refractivity contribution in [3.8, 4) is 0 Å². The van der Waals surface area contributed by atoms with Crippen LogP contribution in [0.15, 0.2) is 12.8 Å². The van der Waals surface area contributed by atoms with E-state index in [0.29, 0.717) is 6.61 Å². The van der Waals surface area contributed by atoms with Crippen LogP contribution < -0.4 is 0 Å². The number of aliphatic hydroxyl groups is 1. The monoisotopic (exact) mass is 192 g/mol. The summed E-state index contributed by atoms with van der Waals surface area (Å²) in [5.74, 6) is 0. The Hall–Kier alpha value is -0.555. The van der Waals surface area contributed by atoms with Crippen molar-refractivity contribution in [2.75, 3.05) is 13.2 Å². The van der Waals surface area contributed by atoms with Crippen LogP contribution in [0.1, 0.15) is 13.8 Å². The van der Waals surface area contributed by atoms with E-state index >= 15 is 0 Å². The lowest BCUT2D eigenvalue weighted by Crippen LogP contribution is -2.22. The van der Waals surface area contributed by atoms with Crippen LogP contribution in [0.3, 0.4) is 0 Å². The van der Waals surface area contributed by atoms with E-state index in [2.05, 4.69) is 6.58 Å². The van der Waals surface area contributed by atoms with Crippen LogP contribution in [0, 0.1) is 5.41 Å². The lowest BCUT2D eigenvalue weighted by atomic mass is 9.97. The molecular formula is C7H17BO5. The van der Waals surface area contributed by atoms with Crippen LogP contribution in [-0.2, 0) is 4.74 Å². The molecule has 0 aliphatic carbocycles. The Kier molecular flexibility index (Phi) is 9.27. The summed E-state index contributed by atoms with van der Waals surface area (Å²) >= 11 is 0. The minimum Gasteiger partial charge on any atom is -0.501 e. The van der Waals surface area contributed by atoms with Gasteiger partial charge >= 0.3 is 7.32 Å². The van der Waals surface area contributed by atoms with Gasteiger partial charge < -0.3 is 24.9 Å². The Morgan fingerprint density at radius 3 is 2.00 bits per heavy atom. The van der Waals surface area contributed by atoms with E-state index < -0.39 is 7.32 Å². The molecule has 0 aliphatic heterocycles. The summed E-state index contributed by atoms with van der Waals surface area (Å²) in [5.41, 5.74) is -0.145. The Bertz CT molecular complexity index is 123. The van der Waals surface area contributed by atoms with E-state index in [0.717, 1.165) is 0 Å². The molecule has 0 saturated heterocycles. The predicted octanol–water partition coefficient (Wildman–Crippen LogP) is -0.887. The van der Waals surface area contributed by atoms with Crippen LogP contribution in [0.25, 0.3) is 0 Å². The highest BCUT2D eigenvalue weighted by molar-refractivity contribution is 6.30. The SMILES string of the molecule is C=COCC(C)(C)CO.OB(O)O. The third kappa shape index (κ3) is 18.4. The molecule has 0 aromatic rings. The fourth-order valence-corrected chi connectivity index (χ4v) is 0.330. The van der Waals surface area contributed by atoms with Crippen LogP contribution in [0.2, 0.25) is 0 Å². The zero-order chi connectivity index (χ0) is 10.9. The molecule has 5 nitrogen and oxygen atoms in total. The quantitative estimate of drug-likeness (QED) is 0.342. The van der Waals surface area contributed by atoms with E-state index in [1.807, 2.05) is 13.8 Å². The summed E-state index contributed by atoms with van der Waals surface area (Å²) < 4.78 is 4.89. The molecule has 0 saturated carbocycles. The molecule has 0 atom stereocenters. The van der Waals surface area contributed by atoms with Gasteiger partial charge in [-0.2, -0.15) is 0 Å². The fraction of sp³-hybridized carbons (Fsp3) is 0.714. The van der Waals surface area contributed by atoms with Crippen molar-refractivity contribution in [2.45, 2.75) is 13.8 Å². The van der Waals surface area contributed by atoms with Gasteiger partial charge in [-0.25, -0.2) is 0 Å². The number of ether oxygens (including phenoxy) is 1. The highest BCUT2D eigenvalue weighted by Crippen LogP contribution is 2.13. The summed E-state index contributed by atoms with van der Waals surface area (Å²) in [4.78, 5) is 0. The highest BCUT2D eigenvalue weighted by atomic mass is 16.5. The van der Waals surface area contributed by atoms with Gasteiger partial charge in [0.15, 0.2) is 0 Å². The van der Waals surface area contributed by atoms with E-state index in [1.54, 1.807) is 0 Å². The molecule has 78 valence electrons. The summed E-state index contributed by atoms with van der Waals surface area (Å²) in [6.45, 7) is 7.91. The molecule has 0 rings (SSSR count). The average Bonchev–Trinajstić information content (AvgIpc) is 2.00. The van der Waals surface area contributed by atoms with Gasteiger partial charge in [0.05, 0.1) is 19.5 Å². The van der Waals surface area contributed by atoms with Gasteiger partial charge in [-0.15, -0.1) is 0 Å². The van der Waals surface area contributed by atoms with Gasteiger partial charge in [0, 0.05) is 5.41 Å². The van der Waals surface area contributed by atoms with Gasteiger partial charge in [0.1, 0.15) is 0 Å². The zero-order valence-electron chi connectivity index (χ0n) is 7.97. The van der Waals surface area contributed by atoms with Crippen molar-refractivity contribution in [2.24, 2.45) is 5.41 Å². The van der Waals surface area contributed by atoms with Crippen LogP contribution >= 0.6 is 0 Å². The second-order valence-electron chi connectivity index (χ2n) is 3.15. The summed E-state index contributed by atoms with van der Waals surface area (Å²) in [7, 11) is -2.17. The third-order valence-corrected chi connectivity index (χ3v) is 1.02. The molecule has 0 unspecified atom stereocenters. The van der Waals surface area contributed by atoms with E-state index in [1.165, 1.54) is 6.26 Å². The second-order valence-corrected chi connectivity index (χ2v) is 3.15. The maximum Gasteiger partial charge on any atom is 0.631 e. The van der Waals surface area contributed by atoms with Gasteiger partial charge in [0.2, 0.25) is 0 Å². The van der Waals surface area contributed by atoms with E-state index in [-0.39, 0.29) is 12.0 Å². The molecule has 0 radical (unpaired) electrons. The van der Waals surface area contributed by atoms with Gasteiger partial charge in [-0.05, 0) is 0 Å². The maximum absolute atomic E-state index is 8.71. The molecule has 0 spiro atoms. The molecule has 0 fully saturated rings. The molecule has 4 N–H and O–H groups in total. The number of rotatable bonds is 4. The van der Waals surface area contributed by atoms with Crippen molar-refractivity contribution in [3.63, 3.8) is 0 Å². The first-order valence-corrected chi connectivity index (χ1v) is 3.73. The minimum atomic E-state index is -2.17. The van der Waals surface area contributed by atoms with E-state index in [9.17, 15) is 0 Å². The Morgan fingerprint density at radius 2 is 1.77 bits per heavy atom. The third-order valence-electron chi connectivity index (χ3n) is 1.02. The van der Waals surface area contributed by atoms with Crippen molar-refractivity contribution < 1.29 is 24.9 Å². The van der Waals surface area contributed by atoms with Gasteiger partial charge in [0.25, 0.3) is 0 Å². The van der Waals surface area contributed by atoms with Crippen molar-refractivity contribution in [3.05, 3.63) is 12.8 Å². The van der Waals surface area contributed by atoms with Gasteiger partial charge in [-0.1, -0.05) is 20.4 Å². The lowest BCUT2D eigenvalue weighted by molar-refractivity contribution is 0.0753. The van der Waals surface area contributed by atoms with Crippen molar-refractivity contribution >= 4 is 7.32 Å². The lowest BCUT2D eigenvalue weighted by Gasteiger charge is -2.19. The highest BCUT2D eigenvalue weighted by Gasteiger charge is 2.15. The Morgan fingerprint density at radius 1 is 1.38 bits per heavy atom. The van der Waals surface area contributed by atoms with Crippen LogP contribution in [0.5, 0.6) is 0 Å². The zero-order valence-corrected chi connectivity index (χ0v) is 7.97. The molecule has 0 amide bonds. The Balaban J connectivity index is 0. The molecule has 13 heavy (non-hydrogen) atoms. The molecular weight excluding hydrogens is 175 g/mol. The Labute approximate surface area is 78.5 Å². The van der Waals surface area contributed by atoms with Crippen LogP contribution in [-0.4, -0.2) is 40.7 Å². The summed E-state index contributed by atoms with van der Waals surface area (Å²) in [5, 5.41) is 30.2. The smallest absolute Gasteiger partial charge is 0.501 e. The first-order chi connectivity index (χ1) is 5.85. The van der Waals surface area contributed by atoms with E-state index in [4.69, 9.17) is 24.9 Å². The molecule has 0 aromatic carbocycles. The average molecular weight is 192 g/mol. The van der Waals surface area contributed by atoms with Crippen molar-refractivity contribution in [1.82, 2.24) is 0 Å². The standard InChI is InChI=1S/C7H14O2.BH3O3/c1-4-9-6-7(2,3)5-8;2-1(3)4/h4,8H,1,5-6H2,2-3H3;2-4H. The molecule has 0 aliphatic rings. The second kappa shape index (κ2) is 8.06. The largest absolute Gasteiger partial charge is 0.631 e. The summed E-state index contributed by atoms with van der Waals surface area (Å²) in [6.07, 6.45) is 1.39. The first-order valence-electron chi connectivity index (χ1n) is 3.73. The molecule has 6 heteroatoms. The minimum absolute atomic E-state index is 0.140. The molecule has 0 bridgehead atoms. The van der Waals surface area contributed by atoms with Crippen molar-refractivity contribution in [1.29, 1.82) is 0 Å². The normalized spacial score (nSPS) is 9.69. The predicted molar refractivity (Wildman–Crippen MR) is 49.4 cm³/mol. The number of hydrogen-bond donors (Lipinski definition) is 4. The summed E-state index contributed by atoms with van der Waals surface area (Å²) in [6, 6.07) is 0. The van der Waals surface area contributed by atoms with Crippen LogP contribution in [0.4, 0.5) is 0 Å². The number of hydrogen-bond acceptors (Lipinski definition) is 5. The number of aliphatic hydroxyl groups excluding tert-OH is 1. The first kappa shape index (κ1) is 14.9. The molecule has 0 heterocycles.